The summed E-state index contributed by atoms with van der Waals surface area (Å²) in [4.78, 5) is 13.9. The normalized spacial score (nSPS) is 16.1. The number of nitrogens with zero attached hydrogens (tertiary/aromatic N) is 1. The monoisotopic (exact) mass is 327 g/mol. The average Bonchev–Trinajstić information content (AvgIpc) is 2.53. The van der Waals surface area contributed by atoms with Gasteiger partial charge in [-0.25, -0.2) is 0 Å². The number of carbonyl (C=O) groups is 1. The lowest BCUT2D eigenvalue weighted by atomic mass is 10.1. The number of nitrogens with two attached hydrogens (primary N) is 1. The molecule has 2 rings (SSSR count). The van der Waals surface area contributed by atoms with E-state index in [2.05, 4.69) is 21.2 Å². The lowest BCUT2D eigenvalue weighted by Crippen LogP contribution is -2.34. The molecule has 0 saturated carbocycles. The Morgan fingerprint density at radius 1 is 1.50 bits per heavy atom. The zero-order chi connectivity index (χ0) is 13.1. The fraction of sp³-hybridized carbons (Fsp3) is 0.333. The van der Waals surface area contributed by atoms with Crippen LogP contribution in [0.5, 0.6) is 0 Å². The van der Waals surface area contributed by atoms with Crippen molar-refractivity contribution in [2.24, 2.45) is 5.73 Å². The Bertz CT molecular complexity index is 492. The van der Waals surface area contributed by atoms with Crippen LogP contribution in [0, 0.1) is 0 Å². The van der Waals surface area contributed by atoms with E-state index in [0.29, 0.717) is 18.1 Å². The molecule has 0 radical (unpaired) electrons. The molecule has 1 fully saturated rings. The third-order valence-corrected chi connectivity index (χ3v) is 3.54. The Kier molecular flexibility index (Phi) is 4.19. The lowest BCUT2D eigenvalue weighted by molar-refractivity contribution is -0.119. The van der Waals surface area contributed by atoms with E-state index in [1.165, 1.54) is 0 Å². The molecule has 6 heteroatoms. The molecular weight excluding hydrogens is 314 g/mol. The van der Waals surface area contributed by atoms with Gasteiger partial charge in [-0.05, 0) is 24.6 Å². The van der Waals surface area contributed by atoms with E-state index in [1.54, 1.807) is 0 Å². The molecule has 1 aromatic carbocycles. The SMILES string of the molecule is NC(=S)c1cc(Br)ccc1N1CCCNC(=O)C1. The summed E-state index contributed by atoms with van der Waals surface area (Å²) in [5.41, 5.74) is 7.47. The van der Waals surface area contributed by atoms with E-state index < -0.39 is 0 Å². The molecule has 0 bridgehead atoms. The van der Waals surface area contributed by atoms with Gasteiger partial charge in [0.1, 0.15) is 4.99 Å². The van der Waals surface area contributed by atoms with Crippen LogP contribution in [0.4, 0.5) is 5.69 Å². The lowest BCUT2D eigenvalue weighted by Gasteiger charge is -2.24. The van der Waals surface area contributed by atoms with Gasteiger partial charge >= 0.3 is 0 Å². The van der Waals surface area contributed by atoms with E-state index in [0.717, 1.165) is 28.7 Å². The van der Waals surface area contributed by atoms with E-state index >= 15 is 0 Å². The van der Waals surface area contributed by atoms with Crippen molar-refractivity contribution < 1.29 is 4.79 Å². The first kappa shape index (κ1) is 13.3. The van der Waals surface area contributed by atoms with Gasteiger partial charge in [0.15, 0.2) is 0 Å². The van der Waals surface area contributed by atoms with Crippen molar-refractivity contribution in [2.75, 3.05) is 24.5 Å². The number of anilines is 1. The third kappa shape index (κ3) is 3.00. The molecule has 0 aliphatic carbocycles. The highest BCUT2D eigenvalue weighted by molar-refractivity contribution is 9.10. The van der Waals surface area contributed by atoms with Crippen LogP contribution >= 0.6 is 28.1 Å². The van der Waals surface area contributed by atoms with Crippen molar-refractivity contribution in [3.63, 3.8) is 0 Å². The van der Waals surface area contributed by atoms with Crippen LogP contribution in [0.25, 0.3) is 0 Å². The highest BCUT2D eigenvalue weighted by Gasteiger charge is 2.18. The van der Waals surface area contributed by atoms with Gasteiger partial charge in [-0.2, -0.15) is 0 Å². The minimum atomic E-state index is 0.0318. The Morgan fingerprint density at radius 3 is 3.00 bits per heavy atom. The first-order valence-electron chi connectivity index (χ1n) is 5.69. The predicted octanol–water partition coefficient (Wildman–Crippen LogP) is 1.41. The molecule has 1 aliphatic rings. The Balaban J connectivity index is 2.36. The Labute approximate surface area is 120 Å². The van der Waals surface area contributed by atoms with Crippen molar-refractivity contribution in [3.8, 4) is 0 Å². The van der Waals surface area contributed by atoms with Crippen molar-refractivity contribution in [2.45, 2.75) is 6.42 Å². The summed E-state index contributed by atoms with van der Waals surface area (Å²) in [6, 6.07) is 5.76. The molecule has 0 spiro atoms. The molecule has 1 aliphatic heterocycles. The third-order valence-electron chi connectivity index (χ3n) is 2.83. The highest BCUT2D eigenvalue weighted by atomic mass is 79.9. The number of amides is 1. The number of hydrogen-bond acceptors (Lipinski definition) is 3. The van der Waals surface area contributed by atoms with E-state index in [4.69, 9.17) is 18.0 Å². The molecule has 1 saturated heterocycles. The number of halogens is 1. The fourth-order valence-corrected chi connectivity index (χ4v) is 2.52. The fourth-order valence-electron chi connectivity index (χ4n) is 1.99. The van der Waals surface area contributed by atoms with Crippen molar-refractivity contribution in [3.05, 3.63) is 28.2 Å². The standard InChI is InChI=1S/C12H14BrN3OS/c13-8-2-3-10(9(6-8)12(14)18)16-5-1-4-15-11(17)7-16/h2-3,6H,1,4-5,7H2,(H2,14,18)(H,15,17). The number of benzene rings is 1. The summed E-state index contributed by atoms with van der Waals surface area (Å²) in [6.45, 7) is 1.88. The molecule has 0 aromatic heterocycles. The van der Waals surface area contributed by atoms with Crippen LogP contribution in [0.1, 0.15) is 12.0 Å². The second-order valence-electron chi connectivity index (χ2n) is 4.15. The molecule has 0 atom stereocenters. The minimum Gasteiger partial charge on any atom is -0.389 e. The molecule has 1 aromatic rings. The number of nitrogens with one attached hydrogen (secondary N) is 1. The van der Waals surface area contributed by atoms with Crippen LogP contribution in [0.3, 0.4) is 0 Å². The first-order valence-corrected chi connectivity index (χ1v) is 6.89. The average molecular weight is 328 g/mol. The number of rotatable bonds is 2. The topological polar surface area (TPSA) is 58.4 Å². The zero-order valence-electron chi connectivity index (χ0n) is 9.78. The molecule has 1 amide bonds. The van der Waals surface area contributed by atoms with Crippen molar-refractivity contribution >= 4 is 44.7 Å². The van der Waals surface area contributed by atoms with Gasteiger partial charge in [0, 0.05) is 28.8 Å². The smallest absolute Gasteiger partial charge is 0.239 e. The van der Waals surface area contributed by atoms with Gasteiger partial charge in [0.2, 0.25) is 5.91 Å². The van der Waals surface area contributed by atoms with Gasteiger partial charge < -0.3 is 16.0 Å². The highest BCUT2D eigenvalue weighted by Crippen LogP contribution is 2.25. The van der Waals surface area contributed by atoms with Crippen LogP contribution in [-0.4, -0.2) is 30.5 Å². The van der Waals surface area contributed by atoms with Gasteiger partial charge in [-0.3, -0.25) is 4.79 Å². The summed E-state index contributed by atoms with van der Waals surface area (Å²) in [5, 5.41) is 2.85. The first-order chi connectivity index (χ1) is 8.58. The molecule has 4 nitrogen and oxygen atoms in total. The Hall–Kier alpha value is -1.14. The molecule has 18 heavy (non-hydrogen) atoms. The van der Waals surface area contributed by atoms with Gasteiger partial charge in [0.25, 0.3) is 0 Å². The summed E-state index contributed by atoms with van der Waals surface area (Å²) in [6.07, 6.45) is 0.915. The quantitative estimate of drug-likeness (QED) is 0.806. The van der Waals surface area contributed by atoms with Gasteiger partial charge in [-0.1, -0.05) is 28.1 Å². The number of hydrogen-bond donors (Lipinski definition) is 2. The number of carbonyl (C=O) groups excluding carboxylic acids is 1. The predicted molar refractivity (Wildman–Crippen MR) is 79.9 cm³/mol. The van der Waals surface area contributed by atoms with Crippen molar-refractivity contribution in [1.29, 1.82) is 0 Å². The summed E-state index contributed by atoms with van der Waals surface area (Å²) < 4.78 is 0.924. The van der Waals surface area contributed by atoms with Crippen LogP contribution in [-0.2, 0) is 4.79 Å². The zero-order valence-corrected chi connectivity index (χ0v) is 12.2. The van der Waals surface area contributed by atoms with Crippen molar-refractivity contribution in [1.82, 2.24) is 5.32 Å². The second kappa shape index (κ2) is 5.67. The van der Waals surface area contributed by atoms with Gasteiger partial charge in [-0.15, -0.1) is 0 Å². The maximum Gasteiger partial charge on any atom is 0.239 e. The summed E-state index contributed by atoms with van der Waals surface area (Å²) >= 11 is 8.47. The van der Waals surface area contributed by atoms with E-state index in [1.807, 2.05) is 23.1 Å². The summed E-state index contributed by atoms with van der Waals surface area (Å²) in [7, 11) is 0. The van der Waals surface area contributed by atoms with Crippen LogP contribution in [0.15, 0.2) is 22.7 Å². The summed E-state index contributed by atoms with van der Waals surface area (Å²) in [5.74, 6) is 0.0318. The Morgan fingerprint density at radius 2 is 2.28 bits per heavy atom. The largest absolute Gasteiger partial charge is 0.389 e. The second-order valence-corrected chi connectivity index (χ2v) is 5.51. The maximum atomic E-state index is 11.6. The van der Waals surface area contributed by atoms with Crippen LogP contribution < -0.4 is 16.0 Å². The minimum absolute atomic E-state index is 0.0318. The van der Waals surface area contributed by atoms with E-state index in [-0.39, 0.29) is 5.91 Å². The molecule has 0 unspecified atom stereocenters. The van der Waals surface area contributed by atoms with E-state index in [9.17, 15) is 4.79 Å². The van der Waals surface area contributed by atoms with Crippen LogP contribution in [0.2, 0.25) is 0 Å². The molecular formula is C12H14BrN3OS. The molecule has 96 valence electrons. The maximum absolute atomic E-state index is 11.6. The van der Waals surface area contributed by atoms with Gasteiger partial charge in [0.05, 0.1) is 6.54 Å². The number of thiocarbonyl (C=S) groups is 1. The molecule has 3 N–H and O–H groups in total. The molecule has 1 heterocycles.